The number of fused-ring (bicyclic) bond motifs is 1. The molecule has 4 rings (SSSR count). The molecule has 4 atom stereocenters. The highest BCUT2D eigenvalue weighted by atomic mass is 32.2. The van der Waals surface area contributed by atoms with Crippen LogP contribution in [0, 0.1) is 11.8 Å². The Morgan fingerprint density at radius 3 is 2.89 bits per heavy atom. The van der Waals surface area contributed by atoms with Gasteiger partial charge in [0.1, 0.15) is 7.05 Å². The van der Waals surface area contributed by atoms with Crippen molar-refractivity contribution in [1.29, 1.82) is 0 Å². The molecule has 0 bridgehead atoms. The van der Waals surface area contributed by atoms with Gasteiger partial charge in [0, 0.05) is 22.3 Å². The molecule has 2 aliphatic heterocycles. The minimum absolute atomic E-state index is 0.0905. The normalized spacial score (nSPS) is 24.9. The molecule has 1 fully saturated rings. The molecule has 0 aromatic carbocycles. The number of hydrogen-bond donors (Lipinski definition) is 1. The van der Waals surface area contributed by atoms with E-state index in [0.717, 1.165) is 11.3 Å². The van der Waals surface area contributed by atoms with Gasteiger partial charge in [-0.3, -0.25) is 4.79 Å². The highest BCUT2D eigenvalue weighted by Crippen LogP contribution is 2.52. The third kappa shape index (κ3) is 2.94. The van der Waals surface area contributed by atoms with Gasteiger partial charge >= 0.3 is 0 Å². The summed E-state index contributed by atoms with van der Waals surface area (Å²) in [6, 6.07) is 3.55. The molecule has 0 radical (unpaired) electrons. The fourth-order valence-corrected chi connectivity index (χ4v) is 6.01. The smallest absolute Gasteiger partial charge is 0.235 e. The summed E-state index contributed by atoms with van der Waals surface area (Å²) < 4.78 is 2.63. The molecule has 2 aromatic rings. The van der Waals surface area contributed by atoms with Crippen molar-refractivity contribution in [3.05, 3.63) is 40.5 Å². The summed E-state index contributed by atoms with van der Waals surface area (Å²) in [5.41, 5.74) is 1.69. The van der Waals surface area contributed by atoms with Crippen LogP contribution in [-0.4, -0.2) is 39.0 Å². The van der Waals surface area contributed by atoms with E-state index in [4.69, 9.17) is 0 Å². The van der Waals surface area contributed by atoms with Gasteiger partial charge in [-0.1, -0.05) is 18.7 Å². The fraction of sp³-hybridized carbons (Fsp3) is 0.368. The van der Waals surface area contributed by atoms with Crippen molar-refractivity contribution in [2.24, 2.45) is 18.9 Å². The van der Waals surface area contributed by atoms with Gasteiger partial charge in [-0.25, -0.2) is 9.55 Å². The number of aliphatic carboxylic acids is 1. The van der Waals surface area contributed by atoms with Gasteiger partial charge in [-0.15, -0.1) is 11.3 Å². The second kappa shape index (κ2) is 6.98. The third-order valence-electron chi connectivity index (χ3n) is 5.22. The Morgan fingerprint density at radius 2 is 2.25 bits per heavy atom. The lowest BCUT2D eigenvalue weighted by Crippen LogP contribution is -2.64. The molecule has 1 saturated heterocycles. The number of aliphatic hydroxyl groups is 1. The van der Waals surface area contributed by atoms with Crippen molar-refractivity contribution in [1.82, 2.24) is 9.88 Å². The van der Waals surface area contributed by atoms with Crippen LogP contribution >= 0.6 is 23.1 Å². The Bertz CT molecular complexity index is 1000. The Labute approximate surface area is 170 Å². The summed E-state index contributed by atoms with van der Waals surface area (Å²) in [5, 5.41) is 23.6. The molecule has 0 spiro atoms. The zero-order valence-electron chi connectivity index (χ0n) is 15.5. The molecule has 1 amide bonds. The number of carbonyl (C=O) groups excluding carboxylic acids is 2. The topological polar surface area (TPSA) is 97.4 Å². The predicted molar refractivity (Wildman–Crippen MR) is 102 cm³/mol. The van der Waals surface area contributed by atoms with Gasteiger partial charge < -0.3 is 19.9 Å². The number of amides is 1. The molecule has 2 aliphatic rings. The van der Waals surface area contributed by atoms with E-state index in [0.29, 0.717) is 9.24 Å². The summed E-state index contributed by atoms with van der Waals surface area (Å²) in [6.45, 7) is 3.44. The second-order valence-corrected chi connectivity index (χ2v) is 9.26. The molecule has 28 heavy (non-hydrogen) atoms. The van der Waals surface area contributed by atoms with Crippen LogP contribution in [0.5, 0.6) is 0 Å². The van der Waals surface area contributed by atoms with Crippen LogP contribution in [0.1, 0.15) is 13.8 Å². The largest absolute Gasteiger partial charge is 0.543 e. The molecule has 2 aromatic heterocycles. The number of β-lactam (4-membered cyclic amide) rings is 1. The number of carboxylic acids is 1. The Kier molecular flexibility index (Phi) is 4.76. The highest BCUT2D eigenvalue weighted by molar-refractivity contribution is 8.04. The van der Waals surface area contributed by atoms with Crippen molar-refractivity contribution in [2.45, 2.75) is 30.3 Å². The molecule has 1 unspecified atom stereocenters. The highest BCUT2D eigenvalue weighted by Gasteiger charge is 2.58. The SMILES string of the molecule is CC(O)[C@@H]1C(=O)N2C(C(=O)[O-])=C(Sc3nc(-c4ccc[n+](C)c4)cs3)[C@H](C)[C@@H]12. The first kappa shape index (κ1) is 19.1. The number of aromatic nitrogens is 2. The quantitative estimate of drug-likeness (QED) is 0.564. The van der Waals surface area contributed by atoms with E-state index < -0.39 is 18.0 Å². The average molecular weight is 418 g/mol. The van der Waals surface area contributed by atoms with Gasteiger partial charge in [0.05, 0.1) is 41.0 Å². The van der Waals surface area contributed by atoms with E-state index in [-0.39, 0.29) is 23.6 Å². The standard InChI is InChI=1S/C19H19N3O4S2/c1-9-14-13(10(2)23)17(24)22(14)15(18(25)26)16(9)28-19-20-12(8-27-19)11-5-4-6-21(3)7-11/h4-10,13-14,23H,1-3H3/t9-,10?,13+,14+/m1/s1. The third-order valence-corrected chi connectivity index (χ3v) is 7.44. The zero-order chi connectivity index (χ0) is 20.2. The maximum absolute atomic E-state index is 12.4. The number of thiazole rings is 1. The van der Waals surface area contributed by atoms with E-state index in [9.17, 15) is 19.8 Å². The number of aryl methyl sites for hydroxylation is 1. The lowest BCUT2D eigenvalue weighted by atomic mass is 9.79. The van der Waals surface area contributed by atoms with Gasteiger partial charge in [0.2, 0.25) is 5.91 Å². The van der Waals surface area contributed by atoms with Gasteiger partial charge in [0.15, 0.2) is 16.7 Å². The van der Waals surface area contributed by atoms with Crippen molar-refractivity contribution < 1.29 is 24.4 Å². The molecule has 146 valence electrons. The Morgan fingerprint density at radius 1 is 1.50 bits per heavy atom. The predicted octanol–water partition coefficient (Wildman–Crippen LogP) is 0.546. The van der Waals surface area contributed by atoms with Gasteiger partial charge in [-0.05, 0) is 13.0 Å². The summed E-state index contributed by atoms with van der Waals surface area (Å²) in [5.74, 6) is -2.53. The number of pyridine rings is 1. The Hall–Kier alpha value is -2.23. The summed E-state index contributed by atoms with van der Waals surface area (Å²) in [6.07, 6.45) is 3.07. The van der Waals surface area contributed by atoms with E-state index in [1.165, 1.54) is 28.0 Å². The lowest BCUT2D eigenvalue weighted by Gasteiger charge is -2.47. The summed E-state index contributed by atoms with van der Waals surface area (Å²) in [4.78, 5) is 30.6. The van der Waals surface area contributed by atoms with Crippen LogP contribution in [-0.2, 0) is 16.6 Å². The maximum Gasteiger partial charge on any atom is 0.235 e. The van der Waals surface area contributed by atoms with Crippen molar-refractivity contribution in [3.63, 3.8) is 0 Å². The first-order valence-corrected chi connectivity index (χ1v) is 10.5. The fourth-order valence-electron chi connectivity index (χ4n) is 3.92. The van der Waals surface area contributed by atoms with E-state index >= 15 is 0 Å². The summed E-state index contributed by atoms with van der Waals surface area (Å²) >= 11 is 2.69. The number of carboxylic acid groups (broad SMARTS) is 1. The monoisotopic (exact) mass is 417 g/mol. The minimum atomic E-state index is -1.37. The molecule has 4 heterocycles. The van der Waals surface area contributed by atoms with E-state index in [1.807, 2.05) is 48.4 Å². The van der Waals surface area contributed by atoms with Crippen LogP contribution in [0.2, 0.25) is 0 Å². The Balaban J connectivity index is 1.64. The zero-order valence-corrected chi connectivity index (χ0v) is 17.2. The van der Waals surface area contributed by atoms with Crippen LogP contribution in [0.15, 0.2) is 44.8 Å². The minimum Gasteiger partial charge on any atom is -0.543 e. The average Bonchev–Trinajstić information content (AvgIpc) is 3.18. The van der Waals surface area contributed by atoms with Gasteiger partial charge in [0.25, 0.3) is 0 Å². The maximum atomic E-state index is 12.4. The lowest BCUT2D eigenvalue weighted by molar-refractivity contribution is -0.671. The molecule has 9 heteroatoms. The summed E-state index contributed by atoms with van der Waals surface area (Å²) in [7, 11) is 1.93. The molecule has 0 aliphatic carbocycles. The van der Waals surface area contributed by atoms with Crippen molar-refractivity contribution in [2.75, 3.05) is 0 Å². The molecule has 0 saturated carbocycles. The first-order chi connectivity index (χ1) is 13.3. The van der Waals surface area contributed by atoms with E-state index in [1.54, 1.807) is 6.92 Å². The van der Waals surface area contributed by atoms with Crippen LogP contribution in [0.4, 0.5) is 0 Å². The molecule has 7 nitrogen and oxygen atoms in total. The number of carbonyl (C=O) groups is 2. The van der Waals surface area contributed by atoms with E-state index in [2.05, 4.69) is 4.98 Å². The number of hydrogen-bond acceptors (Lipinski definition) is 7. The molecular formula is C19H19N3O4S2. The van der Waals surface area contributed by atoms with Gasteiger partial charge in [-0.2, -0.15) is 0 Å². The van der Waals surface area contributed by atoms with Crippen LogP contribution in [0.25, 0.3) is 11.3 Å². The van der Waals surface area contributed by atoms with Crippen LogP contribution < -0.4 is 9.67 Å². The number of thioether (sulfide) groups is 1. The van der Waals surface area contributed by atoms with Crippen molar-refractivity contribution >= 4 is 35.0 Å². The number of aliphatic hydroxyl groups excluding tert-OH is 1. The van der Waals surface area contributed by atoms with Crippen molar-refractivity contribution in [3.8, 4) is 11.3 Å². The number of nitrogens with zero attached hydrogens (tertiary/aromatic N) is 3. The van der Waals surface area contributed by atoms with Crippen LogP contribution in [0.3, 0.4) is 0 Å². The second-order valence-electron chi connectivity index (χ2n) is 7.11. The number of rotatable bonds is 5. The molecular weight excluding hydrogens is 398 g/mol. The molecule has 1 N–H and O–H groups in total. The first-order valence-electron chi connectivity index (χ1n) is 8.85.